The Kier molecular flexibility index (Phi) is 9.56. The highest BCUT2D eigenvalue weighted by molar-refractivity contribution is 5.79. The van der Waals surface area contributed by atoms with E-state index in [1.807, 2.05) is 30.3 Å². The van der Waals surface area contributed by atoms with E-state index < -0.39 is 0 Å². The lowest BCUT2D eigenvalue weighted by atomic mass is 10.0. The van der Waals surface area contributed by atoms with E-state index in [1.54, 1.807) is 14.2 Å². The summed E-state index contributed by atoms with van der Waals surface area (Å²) in [7, 11) is 3.35. The molecule has 27 heavy (non-hydrogen) atoms. The first-order valence-corrected chi connectivity index (χ1v) is 9.95. The lowest BCUT2D eigenvalue weighted by Gasteiger charge is -2.17. The molecule has 0 aliphatic carbocycles. The van der Waals surface area contributed by atoms with E-state index in [0.29, 0.717) is 6.61 Å². The molecule has 4 nitrogen and oxygen atoms in total. The Labute approximate surface area is 163 Å². The Morgan fingerprint density at radius 1 is 0.704 bits per heavy atom. The van der Waals surface area contributed by atoms with Crippen LogP contribution in [0.3, 0.4) is 0 Å². The molecule has 148 valence electrons. The molecule has 0 amide bonds. The van der Waals surface area contributed by atoms with Gasteiger partial charge in [-0.3, -0.25) is 0 Å². The summed E-state index contributed by atoms with van der Waals surface area (Å²) in [5.41, 5.74) is 7.50. The molecule has 0 fully saturated rings. The normalized spacial score (nSPS) is 10.6. The fraction of sp³-hybridized carbons (Fsp3) is 0.478. The van der Waals surface area contributed by atoms with Crippen molar-refractivity contribution in [3.8, 4) is 28.4 Å². The van der Waals surface area contributed by atoms with Crippen molar-refractivity contribution in [1.82, 2.24) is 0 Å². The van der Waals surface area contributed by atoms with E-state index in [2.05, 4.69) is 12.1 Å². The van der Waals surface area contributed by atoms with E-state index in [9.17, 15) is 0 Å². The molecule has 2 aromatic rings. The fourth-order valence-electron chi connectivity index (χ4n) is 3.22. The molecule has 0 radical (unpaired) electrons. The fourth-order valence-corrected chi connectivity index (χ4v) is 3.22. The van der Waals surface area contributed by atoms with Crippen molar-refractivity contribution < 1.29 is 14.2 Å². The second-order valence-corrected chi connectivity index (χ2v) is 6.65. The van der Waals surface area contributed by atoms with Crippen molar-refractivity contribution in [3.05, 3.63) is 42.5 Å². The second kappa shape index (κ2) is 12.2. The molecule has 0 bridgehead atoms. The van der Waals surface area contributed by atoms with Crippen molar-refractivity contribution in [2.24, 2.45) is 5.73 Å². The molecule has 0 saturated carbocycles. The van der Waals surface area contributed by atoms with Gasteiger partial charge in [0.15, 0.2) is 11.5 Å². The Balaban J connectivity index is 1.93. The number of ether oxygens (including phenoxy) is 3. The molecule has 0 unspecified atom stereocenters. The molecule has 2 N–H and O–H groups in total. The molecule has 0 spiro atoms. The van der Waals surface area contributed by atoms with Crippen molar-refractivity contribution >= 4 is 0 Å². The van der Waals surface area contributed by atoms with Crippen molar-refractivity contribution in [1.29, 1.82) is 0 Å². The largest absolute Gasteiger partial charge is 0.496 e. The van der Waals surface area contributed by atoms with Crippen molar-refractivity contribution in [3.63, 3.8) is 0 Å². The molecule has 4 heteroatoms. The summed E-state index contributed by atoms with van der Waals surface area (Å²) in [6.45, 7) is 1.50. The first-order chi connectivity index (χ1) is 13.3. The van der Waals surface area contributed by atoms with Crippen LogP contribution in [0, 0.1) is 0 Å². The number of hydrogen-bond acceptors (Lipinski definition) is 4. The zero-order valence-electron chi connectivity index (χ0n) is 16.7. The molecular weight excluding hydrogens is 338 g/mol. The topological polar surface area (TPSA) is 53.7 Å². The molecule has 0 aliphatic rings. The van der Waals surface area contributed by atoms with Gasteiger partial charge in [-0.1, -0.05) is 62.4 Å². The molecule has 2 rings (SSSR count). The number of methoxy groups -OCH3 is 2. The summed E-state index contributed by atoms with van der Waals surface area (Å²) in [5, 5.41) is 0. The molecular formula is C23H33NO3. The van der Waals surface area contributed by atoms with E-state index in [4.69, 9.17) is 19.9 Å². The predicted molar refractivity (Wildman–Crippen MR) is 112 cm³/mol. The molecule has 0 aliphatic heterocycles. The van der Waals surface area contributed by atoms with Crippen LogP contribution >= 0.6 is 0 Å². The van der Waals surface area contributed by atoms with Crippen LogP contribution in [0.1, 0.15) is 44.9 Å². The van der Waals surface area contributed by atoms with Crippen LogP contribution < -0.4 is 19.9 Å². The molecule has 0 saturated heterocycles. The van der Waals surface area contributed by atoms with Crippen LogP contribution in [0.4, 0.5) is 0 Å². The number of nitrogens with two attached hydrogens (primary N) is 1. The standard InChI is InChI=1S/C23H33NO3/c1-25-20-15-16-21(27-18-12-7-5-3-4-6-11-17-24)23(26-2)22(20)19-13-9-8-10-14-19/h8-10,13-16H,3-7,11-12,17-18,24H2,1-2H3. The Morgan fingerprint density at radius 3 is 1.96 bits per heavy atom. The van der Waals surface area contributed by atoms with Crippen molar-refractivity contribution in [2.45, 2.75) is 44.9 Å². The van der Waals surface area contributed by atoms with Gasteiger partial charge in [0, 0.05) is 0 Å². The average molecular weight is 372 g/mol. The number of rotatable bonds is 13. The highest BCUT2D eigenvalue weighted by Crippen LogP contribution is 2.44. The molecule has 2 aromatic carbocycles. The minimum absolute atomic E-state index is 0.694. The minimum Gasteiger partial charge on any atom is -0.496 e. The Morgan fingerprint density at radius 2 is 1.33 bits per heavy atom. The third-order valence-electron chi connectivity index (χ3n) is 4.68. The highest BCUT2D eigenvalue weighted by Gasteiger charge is 2.17. The lowest BCUT2D eigenvalue weighted by Crippen LogP contribution is -2.01. The lowest BCUT2D eigenvalue weighted by molar-refractivity contribution is 0.284. The highest BCUT2D eigenvalue weighted by atomic mass is 16.5. The maximum absolute atomic E-state index is 6.04. The minimum atomic E-state index is 0.694. The third-order valence-corrected chi connectivity index (χ3v) is 4.68. The van der Waals surface area contributed by atoms with Crippen LogP contribution in [-0.4, -0.2) is 27.4 Å². The Hall–Kier alpha value is -2.20. The van der Waals surface area contributed by atoms with Gasteiger partial charge in [-0.05, 0) is 37.1 Å². The SMILES string of the molecule is COc1ccc(OCCCCCCCCCN)c(OC)c1-c1ccccc1. The van der Waals surface area contributed by atoms with Gasteiger partial charge in [-0.15, -0.1) is 0 Å². The summed E-state index contributed by atoms with van der Waals surface area (Å²) in [5.74, 6) is 2.27. The van der Waals surface area contributed by atoms with Crippen molar-refractivity contribution in [2.75, 3.05) is 27.4 Å². The third kappa shape index (κ3) is 6.47. The summed E-state index contributed by atoms with van der Waals surface area (Å²) in [6.07, 6.45) is 8.44. The first kappa shape index (κ1) is 21.1. The van der Waals surface area contributed by atoms with Gasteiger partial charge in [-0.2, -0.15) is 0 Å². The zero-order chi connectivity index (χ0) is 19.3. The summed E-state index contributed by atoms with van der Waals surface area (Å²) < 4.78 is 17.3. The second-order valence-electron chi connectivity index (χ2n) is 6.65. The van der Waals surface area contributed by atoms with E-state index >= 15 is 0 Å². The van der Waals surface area contributed by atoms with Crippen LogP contribution in [0.2, 0.25) is 0 Å². The van der Waals surface area contributed by atoms with Crippen LogP contribution in [-0.2, 0) is 0 Å². The van der Waals surface area contributed by atoms with Gasteiger partial charge in [0.25, 0.3) is 0 Å². The molecule has 0 aromatic heterocycles. The zero-order valence-corrected chi connectivity index (χ0v) is 16.7. The van der Waals surface area contributed by atoms with E-state index in [1.165, 1.54) is 32.1 Å². The van der Waals surface area contributed by atoms with Gasteiger partial charge in [0.05, 0.1) is 26.4 Å². The van der Waals surface area contributed by atoms with Gasteiger partial charge < -0.3 is 19.9 Å². The van der Waals surface area contributed by atoms with E-state index in [0.717, 1.165) is 47.8 Å². The summed E-state index contributed by atoms with van der Waals surface area (Å²) in [4.78, 5) is 0. The quantitative estimate of drug-likeness (QED) is 0.476. The average Bonchev–Trinajstić information content (AvgIpc) is 2.72. The monoisotopic (exact) mass is 371 g/mol. The van der Waals surface area contributed by atoms with Gasteiger partial charge >= 0.3 is 0 Å². The van der Waals surface area contributed by atoms with E-state index in [-0.39, 0.29) is 0 Å². The summed E-state index contributed by atoms with van der Waals surface area (Å²) in [6, 6.07) is 14.0. The predicted octanol–water partition coefficient (Wildman–Crippen LogP) is 5.44. The smallest absolute Gasteiger partial charge is 0.172 e. The van der Waals surface area contributed by atoms with Gasteiger partial charge in [0.1, 0.15) is 5.75 Å². The van der Waals surface area contributed by atoms with Crippen LogP contribution in [0.25, 0.3) is 11.1 Å². The van der Waals surface area contributed by atoms with Gasteiger partial charge in [-0.25, -0.2) is 0 Å². The molecule has 0 atom stereocenters. The van der Waals surface area contributed by atoms with Crippen LogP contribution in [0.5, 0.6) is 17.2 Å². The summed E-state index contributed by atoms with van der Waals surface area (Å²) >= 11 is 0. The van der Waals surface area contributed by atoms with Gasteiger partial charge in [0.2, 0.25) is 0 Å². The number of unbranched alkanes of at least 4 members (excludes halogenated alkanes) is 6. The first-order valence-electron chi connectivity index (χ1n) is 9.95. The number of benzene rings is 2. The maximum atomic E-state index is 6.04. The number of hydrogen-bond donors (Lipinski definition) is 1. The maximum Gasteiger partial charge on any atom is 0.172 e. The Bertz CT molecular complexity index is 658. The molecule has 0 heterocycles. The van der Waals surface area contributed by atoms with Crippen LogP contribution in [0.15, 0.2) is 42.5 Å².